The monoisotopic (exact) mass is 247 g/mol. The molecule has 3 nitrogen and oxygen atoms in total. The summed E-state index contributed by atoms with van der Waals surface area (Å²) in [5.74, 6) is 0.679. The fourth-order valence-electron chi connectivity index (χ4n) is 2.79. The molecule has 0 amide bonds. The average molecular weight is 247 g/mol. The van der Waals surface area contributed by atoms with Crippen LogP contribution in [0.15, 0.2) is 24.3 Å². The molecule has 1 atom stereocenters. The van der Waals surface area contributed by atoms with Gasteiger partial charge in [-0.05, 0) is 29.9 Å². The lowest BCUT2D eigenvalue weighted by molar-refractivity contribution is 0.0277. The molecular formula is C15H21NO2. The van der Waals surface area contributed by atoms with E-state index in [1.165, 1.54) is 11.1 Å². The highest BCUT2D eigenvalue weighted by molar-refractivity contribution is 5.27. The maximum atomic E-state index is 5.77. The molecule has 0 aliphatic carbocycles. The normalized spacial score (nSPS) is 26.1. The van der Waals surface area contributed by atoms with E-state index in [0.29, 0.717) is 5.92 Å². The van der Waals surface area contributed by atoms with Gasteiger partial charge in [-0.1, -0.05) is 24.3 Å². The SMILES string of the molecule is c1cc(C2CNCCO2)ccc1C1CCOCC1. The fraction of sp³-hybridized carbons (Fsp3) is 0.600. The van der Waals surface area contributed by atoms with Crippen LogP contribution in [0.5, 0.6) is 0 Å². The van der Waals surface area contributed by atoms with Gasteiger partial charge in [0.15, 0.2) is 0 Å². The predicted molar refractivity (Wildman–Crippen MR) is 70.8 cm³/mol. The van der Waals surface area contributed by atoms with Crippen LogP contribution >= 0.6 is 0 Å². The van der Waals surface area contributed by atoms with Gasteiger partial charge in [-0.2, -0.15) is 0 Å². The van der Waals surface area contributed by atoms with Gasteiger partial charge in [0.1, 0.15) is 0 Å². The van der Waals surface area contributed by atoms with Crippen LogP contribution in [-0.4, -0.2) is 32.9 Å². The number of nitrogens with one attached hydrogen (secondary N) is 1. The first-order valence-corrected chi connectivity index (χ1v) is 6.93. The standard InChI is InChI=1S/C15H21NO2/c1-3-14(15-11-16-7-10-18-15)4-2-12(1)13-5-8-17-9-6-13/h1-4,13,15-16H,5-11H2. The van der Waals surface area contributed by atoms with E-state index < -0.39 is 0 Å². The van der Waals surface area contributed by atoms with Crippen LogP contribution in [0.2, 0.25) is 0 Å². The number of morpholine rings is 1. The van der Waals surface area contributed by atoms with Crippen molar-refractivity contribution in [1.29, 1.82) is 0 Å². The summed E-state index contributed by atoms with van der Waals surface area (Å²) in [7, 11) is 0. The maximum Gasteiger partial charge on any atom is 0.0949 e. The summed E-state index contributed by atoms with van der Waals surface area (Å²) in [5, 5.41) is 3.37. The lowest BCUT2D eigenvalue weighted by atomic mass is 9.90. The average Bonchev–Trinajstić information content (AvgIpc) is 2.49. The summed E-state index contributed by atoms with van der Waals surface area (Å²) < 4.78 is 11.2. The molecule has 1 unspecified atom stereocenters. The Morgan fingerprint density at radius 2 is 1.67 bits per heavy atom. The van der Waals surface area contributed by atoms with Gasteiger partial charge < -0.3 is 14.8 Å². The highest BCUT2D eigenvalue weighted by Crippen LogP contribution is 2.28. The maximum absolute atomic E-state index is 5.77. The molecule has 0 bridgehead atoms. The van der Waals surface area contributed by atoms with Crippen LogP contribution in [0.25, 0.3) is 0 Å². The highest BCUT2D eigenvalue weighted by atomic mass is 16.5. The minimum Gasteiger partial charge on any atom is -0.381 e. The molecule has 0 saturated carbocycles. The van der Waals surface area contributed by atoms with Crippen LogP contribution in [0.3, 0.4) is 0 Å². The van der Waals surface area contributed by atoms with E-state index in [0.717, 1.165) is 45.8 Å². The van der Waals surface area contributed by atoms with Crippen LogP contribution < -0.4 is 5.32 Å². The van der Waals surface area contributed by atoms with Gasteiger partial charge in [0.05, 0.1) is 12.7 Å². The number of hydrogen-bond donors (Lipinski definition) is 1. The fourth-order valence-corrected chi connectivity index (χ4v) is 2.79. The molecule has 2 fully saturated rings. The van der Waals surface area contributed by atoms with Crippen LogP contribution in [-0.2, 0) is 9.47 Å². The molecule has 2 aliphatic heterocycles. The topological polar surface area (TPSA) is 30.5 Å². The molecule has 0 spiro atoms. The first kappa shape index (κ1) is 12.2. The van der Waals surface area contributed by atoms with Crippen molar-refractivity contribution in [3.8, 4) is 0 Å². The van der Waals surface area contributed by atoms with Crippen molar-refractivity contribution in [3.63, 3.8) is 0 Å². The summed E-state index contributed by atoms with van der Waals surface area (Å²) >= 11 is 0. The number of benzene rings is 1. The third-order valence-corrected chi connectivity index (χ3v) is 3.93. The van der Waals surface area contributed by atoms with Crippen LogP contribution in [0.1, 0.15) is 36.0 Å². The molecule has 98 valence electrons. The quantitative estimate of drug-likeness (QED) is 0.869. The lowest BCUT2D eigenvalue weighted by Gasteiger charge is -2.25. The van der Waals surface area contributed by atoms with Crippen molar-refractivity contribution in [3.05, 3.63) is 35.4 Å². The van der Waals surface area contributed by atoms with Crippen molar-refractivity contribution >= 4 is 0 Å². The number of hydrogen-bond acceptors (Lipinski definition) is 3. The molecule has 0 aromatic heterocycles. The van der Waals surface area contributed by atoms with E-state index in [4.69, 9.17) is 9.47 Å². The van der Waals surface area contributed by atoms with E-state index in [2.05, 4.69) is 29.6 Å². The van der Waals surface area contributed by atoms with E-state index in [9.17, 15) is 0 Å². The first-order valence-electron chi connectivity index (χ1n) is 6.93. The Morgan fingerprint density at radius 3 is 2.33 bits per heavy atom. The lowest BCUT2D eigenvalue weighted by Crippen LogP contribution is -2.33. The molecule has 2 aliphatic rings. The largest absolute Gasteiger partial charge is 0.381 e. The van der Waals surface area contributed by atoms with Crippen LogP contribution in [0, 0.1) is 0 Å². The summed E-state index contributed by atoms with van der Waals surface area (Å²) in [6.07, 6.45) is 2.53. The van der Waals surface area contributed by atoms with Gasteiger partial charge in [0.2, 0.25) is 0 Å². The Balaban J connectivity index is 1.67. The van der Waals surface area contributed by atoms with Crippen molar-refractivity contribution in [2.75, 3.05) is 32.9 Å². The van der Waals surface area contributed by atoms with Gasteiger partial charge >= 0.3 is 0 Å². The Hall–Kier alpha value is -0.900. The van der Waals surface area contributed by atoms with Crippen molar-refractivity contribution in [2.24, 2.45) is 0 Å². The van der Waals surface area contributed by atoms with Crippen molar-refractivity contribution in [1.82, 2.24) is 5.32 Å². The Morgan fingerprint density at radius 1 is 0.944 bits per heavy atom. The first-order chi connectivity index (χ1) is 8.93. The van der Waals surface area contributed by atoms with Gasteiger partial charge in [-0.25, -0.2) is 0 Å². The highest BCUT2D eigenvalue weighted by Gasteiger charge is 2.18. The zero-order valence-corrected chi connectivity index (χ0v) is 10.7. The Bertz CT molecular complexity index is 328. The van der Waals surface area contributed by atoms with E-state index in [1.807, 2.05) is 0 Å². The molecule has 1 aromatic carbocycles. The molecule has 2 saturated heterocycles. The Labute approximate surface area is 108 Å². The summed E-state index contributed by atoms with van der Waals surface area (Å²) in [4.78, 5) is 0. The second kappa shape index (κ2) is 5.83. The molecule has 0 radical (unpaired) electrons. The van der Waals surface area contributed by atoms with E-state index in [-0.39, 0.29) is 6.10 Å². The van der Waals surface area contributed by atoms with Gasteiger partial charge in [0.25, 0.3) is 0 Å². The minimum absolute atomic E-state index is 0.225. The third kappa shape index (κ3) is 2.74. The van der Waals surface area contributed by atoms with Crippen molar-refractivity contribution in [2.45, 2.75) is 24.9 Å². The second-order valence-electron chi connectivity index (χ2n) is 5.12. The minimum atomic E-state index is 0.225. The van der Waals surface area contributed by atoms with Crippen LogP contribution in [0.4, 0.5) is 0 Å². The molecule has 3 rings (SSSR count). The zero-order valence-electron chi connectivity index (χ0n) is 10.7. The number of rotatable bonds is 2. The predicted octanol–water partition coefficient (Wildman–Crippen LogP) is 2.24. The van der Waals surface area contributed by atoms with E-state index >= 15 is 0 Å². The summed E-state index contributed by atoms with van der Waals surface area (Å²) in [6.45, 7) is 4.52. The van der Waals surface area contributed by atoms with Gasteiger partial charge in [-0.3, -0.25) is 0 Å². The summed E-state index contributed by atoms with van der Waals surface area (Å²) in [6, 6.07) is 8.98. The third-order valence-electron chi connectivity index (χ3n) is 3.93. The number of ether oxygens (including phenoxy) is 2. The molecule has 1 N–H and O–H groups in total. The molecule has 3 heteroatoms. The van der Waals surface area contributed by atoms with Crippen molar-refractivity contribution < 1.29 is 9.47 Å². The second-order valence-corrected chi connectivity index (χ2v) is 5.12. The zero-order chi connectivity index (χ0) is 12.2. The molecule has 18 heavy (non-hydrogen) atoms. The van der Waals surface area contributed by atoms with Gasteiger partial charge in [-0.15, -0.1) is 0 Å². The van der Waals surface area contributed by atoms with Gasteiger partial charge in [0, 0.05) is 26.3 Å². The molecular weight excluding hydrogens is 226 g/mol. The summed E-state index contributed by atoms with van der Waals surface area (Å²) in [5.41, 5.74) is 2.74. The smallest absolute Gasteiger partial charge is 0.0949 e. The van der Waals surface area contributed by atoms with E-state index in [1.54, 1.807) is 0 Å². The Kier molecular flexibility index (Phi) is 3.93. The molecule has 2 heterocycles. The molecule has 1 aromatic rings.